The summed E-state index contributed by atoms with van der Waals surface area (Å²) in [7, 11) is -2.14. The van der Waals surface area contributed by atoms with Gasteiger partial charge in [-0.05, 0) is 80.6 Å². The maximum absolute atomic E-state index is 13.2. The molecule has 34 heavy (non-hydrogen) atoms. The largest absolute Gasteiger partial charge is 0.497 e. The van der Waals surface area contributed by atoms with Gasteiger partial charge in [-0.25, -0.2) is 13.1 Å². The van der Waals surface area contributed by atoms with Crippen molar-refractivity contribution >= 4 is 55.3 Å². The van der Waals surface area contributed by atoms with Crippen LogP contribution in [0.3, 0.4) is 0 Å². The van der Waals surface area contributed by atoms with Crippen molar-refractivity contribution in [2.75, 3.05) is 24.3 Å². The maximum atomic E-state index is 13.2. The van der Waals surface area contributed by atoms with E-state index in [-0.39, 0.29) is 22.8 Å². The number of ether oxygens (including phenoxy) is 1. The molecule has 2 aromatic rings. The predicted octanol–water partition coefficient (Wildman–Crippen LogP) is 3.64. The quantitative estimate of drug-likeness (QED) is 0.373. The Balaban J connectivity index is 1.51. The van der Waals surface area contributed by atoms with Crippen LogP contribution >= 0.6 is 23.6 Å². The average molecular weight is 523 g/mol. The van der Waals surface area contributed by atoms with Crippen molar-refractivity contribution in [2.45, 2.75) is 56.4 Å². The molecule has 0 spiro atoms. The van der Waals surface area contributed by atoms with E-state index >= 15 is 0 Å². The van der Waals surface area contributed by atoms with Gasteiger partial charge in [0, 0.05) is 29.1 Å². The molecule has 1 unspecified atom stereocenters. The van der Waals surface area contributed by atoms with Gasteiger partial charge in [-0.15, -0.1) is 11.3 Å². The van der Waals surface area contributed by atoms with Crippen LogP contribution in [0, 0.1) is 5.92 Å². The minimum atomic E-state index is -3.75. The van der Waals surface area contributed by atoms with Crippen LogP contribution in [0.5, 0.6) is 5.75 Å². The summed E-state index contributed by atoms with van der Waals surface area (Å²) in [4.78, 5) is 13.7. The van der Waals surface area contributed by atoms with E-state index in [4.69, 9.17) is 17.0 Å². The van der Waals surface area contributed by atoms with E-state index in [1.54, 1.807) is 7.11 Å². The van der Waals surface area contributed by atoms with Gasteiger partial charge in [0.2, 0.25) is 15.9 Å². The Hall–Kier alpha value is -2.21. The summed E-state index contributed by atoms with van der Waals surface area (Å²) >= 11 is 6.88. The highest BCUT2D eigenvalue weighted by atomic mass is 32.2. The first-order valence-corrected chi connectivity index (χ1v) is 14.2. The van der Waals surface area contributed by atoms with Crippen LogP contribution in [0.25, 0.3) is 0 Å². The van der Waals surface area contributed by atoms with Crippen molar-refractivity contribution in [3.05, 3.63) is 34.7 Å². The number of sulfonamides is 1. The molecule has 1 aromatic heterocycles. The van der Waals surface area contributed by atoms with Crippen LogP contribution in [-0.2, 0) is 27.7 Å². The number of rotatable bonds is 9. The van der Waals surface area contributed by atoms with Crippen LogP contribution in [0.1, 0.15) is 43.0 Å². The molecule has 1 aromatic carbocycles. The lowest BCUT2D eigenvalue weighted by Gasteiger charge is -2.25. The average Bonchev–Trinajstić information content (AvgIpc) is 3.60. The molecule has 0 saturated heterocycles. The van der Waals surface area contributed by atoms with Crippen molar-refractivity contribution in [1.82, 2.24) is 10.0 Å². The molecule has 1 saturated carbocycles. The van der Waals surface area contributed by atoms with Gasteiger partial charge < -0.3 is 20.7 Å². The Morgan fingerprint density at radius 3 is 2.56 bits per heavy atom. The molecule has 1 atom stereocenters. The molecule has 4 N–H and O–H groups in total. The molecule has 0 aliphatic heterocycles. The number of methoxy groups -OCH3 is 1. The molecule has 1 fully saturated rings. The Kier molecular flexibility index (Phi) is 7.76. The number of fused-ring (bicyclic) bond motifs is 1. The summed E-state index contributed by atoms with van der Waals surface area (Å²) < 4.78 is 34.3. The summed E-state index contributed by atoms with van der Waals surface area (Å²) in [5.41, 5.74) is 1.61. The molecular weight excluding hydrogens is 492 g/mol. The van der Waals surface area contributed by atoms with Crippen molar-refractivity contribution in [3.63, 3.8) is 0 Å². The first-order chi connectivity index (χ1) is 16.3. The van der Waals surface area contributed by atoms with Crippen molar-refractivity contribution in [1.29, 1.82) is 0 Å². The fraction of sp³-hybridized carbons (Fsp3) is 0.478. The van der Waals surface area contributed by atoms with Crippen LogP contribution in [0.15, 0.2) is 29.2 Å². The highest BCUT2D eigenvalue weighted by Crippen LogP contribution is 2.42. The third-order valence-electron chi connectivity index (χ3n) is 5.89. The van der Waals surface area contributed by atoms with Crippen LogP contribution in [0.4, 0.5) is 10.7 Å². The van der Waals surface area contributed by atoms with Crippen molar-refractivity contribution in [3.8, 4) is 5.75 Å². The van der Waals surface area contributed by atoms with Gasteiger partial charge in [0.25, 0.3) is 0 Å². The number of carbonyl (C=O) groups is 1. The number of anilines is 2. The molecule has 0 bridgehead atoms. The summed E-state index contributed by atoms with van der Waals surface area (Å²) in [6.45, 7) is 2.26. The van der Waals surface area contributed by atoms with E-state index in [1.165, 1.54) is 11.3 Å². The molecule has 184 valence electrons. The second-order valence-corrected chi connectivity index (χ2v) is 11.8. The number of aryl methyl sites for hydroxylation is 1. The monoisotopic (exact) mass is 522 g/mol. The third kappa shape index (κ3) is 5.88. The zero-order valence-electron chi connectivity index (χ0n) is 19.3. The third-order valence-corrected chi connectivity index (χ3v) is 9.02. The Labute approximate surface area is 209 Å². The summed E-state index contributed by atoms with van der Waals surface area (Å²) in [5.74, 6) is 0.663. The number of hydrogen-bond donors (Lipinski definition) is 4. The van der Waals surface area contributed by atoms with E-state index in [0.29, 0.717) is 29.5 Å². The maximum Gasteiger partial charge on any atom is 0.243 e. The number of benzene rings is 1. The van der Waals surface area contributed by atoms with E-state index in [2.05, 4.69) is 20.7 Å². The number of nitrogens with one attached hydrogen (secondary N) is 4. The standard InChI is InChI=1S/C23H30N4O4S3/c1-3-12-24-34(29,30)20-18-13-16(26-23(32)25-15-6-9-17(31-2)10-7-15)8-11-19(18)33-22(20)27-21(28)14-4-5-14/h6-7,9-10,14,16,24H,3-5,8,11-13H2,1-2H3,(H,27,28)(H2,25,26,32). The fourth-order valence-electron chi connectivity index (χ4n) is 3.94. The molecule has 1 amide bonds. The number of amides is 1. The molecule has 0 radical (unpaired) electrons. The number of thiocarbonyl (C=S) groups is 1. The summed E-state index contributed by atoms with van der Waals surface area (Å²) in [5, 5.41) is 10.3. The fourth-order valence-corrected chi connectivity index (χ4v) is 7.33. The van der Waals surface area contributed by atoms with Crippen molar-refractivity contribution < 1.29 is 17.9 Å². The molecular formula is C23H30N4O4S3. The lowest BCUT2D eigenvalue weighted by molar-refractivity contribution is -0.117. The van der Waals surface area contributed by atoms with Crippen LogP contribution in [-0.4, -0.2) is 39.1 Å². The normalized spacial score (nSPS) is 17.5. The summed E-state index contributed by atoms with van der Waals surface area (Å²) in [6, 6.07) is 7.43. The number of thiophene rings is 1. The van der Waals surface area contributed by atoms with Gasteiger partial charge in [0.1, 0.15) is 15.6 Å². The lowest BCUT2D eigenvalue weighted by atomic mass is 9.94. The first kappa shape index (κ1) is 24.9. The molecule has 8 nitrogen and oxygen atoms in total. The van der Waals surface area contributed by atoms with Gasteiger partial charge in [0.05, 0.1) is 7.11 Å². The highest BCUT2D eigenvalue weighted by molar-refractivity contribution is 7.90. The van der Waals surface area contributed by atoms with Gasteiger partial charge >= 0.3 is 0 Å². The summed E-state index contributed by atoms with van der Waals surface area (Å²) in [6.07, 6.45) is 4.45. The Morgan fingerprint density at radius 2 is 1.91 bits per heavy atom. The van der Waals surface area contributed by atoms with Crippen LogP contribution < -0.4 is 25.4 Å². The minimum Gasteiger partial charge on any atom is -0.497 e. The second-order valence-electron chi connectivity index (χ2n) is 8.59. The Morgan fingerprint density at radius 1 is 1.18 bits per heavy atom. The first-order valence-electron chi connectivity index (χ1n) is 11.5. The Bertz CT molecular complexity index is 1160. The van der Waals surface area contributed by atoms with Crippen molar-refractivity contribution in [2.24, 2.45) is 5.92 Å². The van der Waals surface area contributed by atoms with Crippen LogP contribution in [0.2, 0.25) is 0 Å². The molecule has 2 aliphatic rings. The zero-order valence-corrected chi connectivity index (χ0v) is 21.7. The van der Waals surface area contributed by atoms with E-state index in [9.17, 15) is 13.2 Å². The minimum absolute atomic E-state index is 0.00546. The number of carbonyl (C=O) groups excluding carboxylic acids is 1. The lowest BCUT2D eigenvalue weighted by Crippen LogP contribution is -2.41. The molecule has 11 heteroatoms. The smallest absolute Gasteiger partial charge is 0.243 e. The van der Waals surface area contributed by atoms with E-state index in [1.807, 2.05) is 31.2 Å². The van der Waals surface area contributed by atoms with Gasteiger partial charge in [0.15, 0.2) is 5.11 Å². The topological polar surface area (TPSA) is 109 Å². The van der Waals surface area contributed by atoms with E-state index < -0.39 is 10.0 Å². The molecule has 2 aliphatic carbocycles. The molecule has 1 heterocycles. The zero-order chi connectivity index (χ0) is 24.3. The highest BCUT2D eigenvalue weighted by Gasteiger charge is 2.35. The van der Waals surface area contributed by atoms with Gasteiger partial charge in [-0.1, -0.05) is 6.92 Å². The van der Waals surface area contributed by atoms with Gasteiger partial charge in [-0.2, -0.15) is 0 Å². The number of hydrogen-bond acceptors (Lipinski definition) is 6. The van der Waals surface area contributed by atoms with E-state index in [0.717, 1.165) is 47.6 Å². The van der Waals surface area contributed by atoms with Gasteiger partial charge in [-0.3, -0.25) is 4.79 Å². The molecule has 4 rings (SSSR count). The predicted molar refractivity (Wildman–Crippen MR) is 139 cm³/mol. The second kappa shape index (κ2) is 10.6. The SMILES string of the molecule is CCCNS(=O)(=O)c1c(NC(=O)C2CC2)sc2c1CC(NC(=S)Nc1ccc(OC)cc1)CC2.